The molecule has 0 spiro atoms. The highest BCUT2D eigenvalue weighted by Crippen LogP contribution is 2.30. The van der Waals surface area contributed by atoms with Gasteiger partial charge in [0.1, 0.15) is 6.04 Å². The van der Waals surface area contributed by atoms with Gasteiger partial charge in [0.25, 0.3) is 0 Å². The van der Waals surface area contributed by atoms with E-state index in [2.05, 4.69) is 12.1 Å². The van der Waals surface area contributed by atoms with E-state index in [1.807, 2.05) is 38.1 Å². The minimum Gasteiger partial charge on any atom is -0.359 e. The Labute approximate surface area is 107 Å². The van der Waals surface area contributed by atoms with Crippen molar-refractivity contribution >= 4 is 17.3 Å². The van der Waals surface area contributed by atoms with E-state index in [0.29, 0.717) is 6.42 Å². The number of carbonyl (C=O) groups is 1. The van der Waals surface area contributed by atoms with Crippen LogP contribution in [0.1, 0.15) is 18.9 Å². The molecule has 1 aromatic carbocycles. The van der Waals surface area contributed by atoms with Crippen LogP contribution in [0, 0.1) is 11.3 Å². The third-order valence-electron chi connectivity index (χ3n) is 3.58. The number of nitrogens with zero attached hydrogens (tertiary/aromatic N) is 3. The van der Waals surface area contributed by atoms with Crippen molar-refractivity contribution in [1.29, 1.82) is 5.26 Å². The predicted molar refractivity (Wildman–Crippen MR) is 71.7 cm³/mol. The van der Waals surface area contributed by atoms with Crippen LogP contribution < -0.4 is 9.80 Å². The van der Waals surface area contributed by atoms with Crippen LogP contribution in [0.25, 0.3) is 0 Å². The molecule has 2 rings (SSSR count). The fraction of sp³-hybridized carbons (Fsp3) is 0.429. The lowest BCUT2D eigenvalue weighted by Crippen LogP contribution is -2.32. The van der Waals surface area contributed by atoms with Gasteiger partial charge in [0.05, 0.1) is 6.07 Å². The molecule has 4 nitrogen and oxygen atoms in total. The summed E-state index contributed by atoms with van der Waals surface area (Å²) in [5.41, 5.74) is 3.17. The number of aryl methyl sites for hydroxylation is 1. The fourth-order valence-corrected chi connectivity index (χ4v) is 2.17. The summed E-state index contributed by atoms with van der Waals surface area (Å²) in [4.78, 5) is 15.2. The number of rotatable bonds is 2. The van der Waals surface area contributed by atoms with Crippen LogP contribution in [-0.2, 0) is 11.2 Å². The van der Waals surface area contributed by atoms with Crippen LogP contribution in [0.15, 0.2) is 18.2 Å². The Morgan fingerprint density at radius 2 is 2.17 bits per heavy atom. The maximum atomic E-state index is 11.6. The highest BCUT2D eigenvalue weighted by Gasteiger charge is 2.21. The van der Waals surface area contributed by atoms with Crippen LogP contribution >= 0.6 is 0 Å². The normalized spacial score (nSPS) is 15.9. The van der Waals surface area contributed by atoms with Crippen molar-refractivity contribution in [3.8, 4) is 6.07 Å². The SMILES string of the molecule is CC(C#N)N(C)c1ccc2c(c1)CCC(=O)N2C. The number of hydrogen-bond donors (Lipinski definition) is 0. The van der Waals surface area contributed by atoms with Gasteiger partial charge in [-0.25, -0.2) is 0 Å². The second kappa shape index (κ2) is 4.69. The third-order valence-corrected chi connectivity index (χ3v) is 3.58. The average Bonchev–Trinajstić information content (AvgIpc) is 2.41. The first-order valence-corrected chi connectivity index (χ1v) is 6.06. The molecule has 1 amide bonds. The molecule has 0 radical (unpaired) electrons. The second-order valence-corrected chi connectivity index (χ2v) is 4.68. The Kier molecular flexibility index (Phi) is 3.24. The molecule has 0 aromatic heterocycles. The van der Waals surface area contributed by atoms with E-state index < -0.39 is 0 Å². The van der Waals surface area contributed by atoms with Crippen molar-refractivity contribution in [3.63, 3.8) is 0 Å². The number of carbonyl (C=O) groups excluding carboxylic acids is 1. The number of amides is 1. The molecule has 1 aliphatic rings. The summed E-state index contributed by atoms with van der Waals surface area (Å²) in [5, 5.41) is 8.94. The average molecular weight is 243 g/mol. The summed E-state index contributed by atoms with van der Waals surface area (Å²) >= 11 is 0. The Bertz CT molecular complexity index is 518. The van der Waals surface area contributed by atoms with Crippen molar-refractivity contribution in [2.75, 3.05) is 23.9 Å². The van der Waals surface area contributed by atoms with E-state index in [1.54, 1.807) is 4.90 Å². The fourth-order valence-electron chi connectivity index (χ4n) is 2.17. The van der Waals surface area contributed by atoms with Gasteiger partial charge in [-0.2, -0.15) is 5.26 Å². The van der Waals surface area contributed by atoms with Crippen LogP contribution in [0.2, 0.25) is 0 Å². The second-order valence-electron chi connectivity index (χ2n) is 4.68. The molecule has 1 heterocycles. The molecule has 1 unspecified atom stereocenters. The minimum atomic E-state index is -0.161. The summed E-state index contributed by atoms with van der Waals surface area (Å²) in [5.74, 6) is 0.161. The van der Waals surface area contributed by atoms with Gasteiger partial charge in [0.15, 0.2) is 0 Å². The highest BCUT2D eigenvalue weighted by molar-refractivity contribution is 5.96. The van der Waals surface area contributed by atoms with Gasteiger partial charge < -0.3 is 9.80 Å². The molecule has 0 fully saturated rings. The van der Waals surface area contributed by atoms with E-state index in [0.717, 1.165) is 17.8 Å². The summed E-state index contributed by atoms with van der Waals surface area (Å²) in [6.07, 6.45) is 1.34. The van der Waals surface area contributed by atoms with Gasteiger partial charge >= 0.3 is 0 Å². The number of benzene rings is 1. The van der Waals surface area contributed by atoms with E-state index in [4.69, 9.17) is 5.26 Å². The molecule has 0 N–H and O–H groups in total. The van der Waals surface area contributed by atoms with Gasteiger partial charge in [0.2, 0.25) is 5.91 Å². The number of fused-ring (bicyclic) bond motifs is 1. The molecule has 1 atom stereocenters. The molecule has 1 aliphatic heterocycles. The zero-order valence-corrected chi connectivity index (χ0v) is 11.0. The van der Waals surface area contributed by atoms with Gasteiger partial charge in [-0.3, -0.25) is 4.79 Å². The van der Waals surface area contributed by atoms with Crippen molar-refractivity contribution < 1.29 is 4.79 Å². The largest absolute Gasteiger partial charge is 0.359 e. The molecule has 0 aliphatic carbocycles. The van der Waals surface area contributed by atoms with Gasteiger partial charge in [-0.05, 0) is 37.1 Å². The summed E-state index contributed by atoms with van der Waals surface area (Å²) in [6.45, 7) is 1.87. The van der Waals surface area contributed by atoms with Gasteiger partial charge in [0, 0.05) is 31.9 Å². The van der Waals surface area contributed by atoms with E-state index in [1.165, 1.54) is 5.56 Å². The quantitative estimate of drug-likeness (QED) is 0.797. The lowest BCUT2D eigenvalue weighted by atomic mass is 10.0. The first-order chi connectivity index (χ1) is 8.54. The monoisotopic (exact) mass is 243 g/mol. The molecule has 1 aromatic rings. The van der Waals surface area contributed by atoms with E-state index in [-0.39, 0.29) is 11.9 Å². The van der Waals surface area contributed by atoms with Gasteiger partial charge in [-0.1, -0.05) is 0 Å². The van der Waals surface area contributed by atoms with E-state index in [9.17, 15) is 4.79 Å². The Balaban J connectivity index is 2.34. The molecule has 4 heteroatoms. The number of nitriles is 1. The Morgan fingerprint density at radius 1 is 1.44 bits per heavy atom. The molecule has 18 heavy (non-hydrogen) atoms. The lowest BCUT2D eigenvalue weighted by Gasteiger charge is -2.28. The van der Waals surface area contributed by atoms with Crippen LogP contribution in [0.4, 0.5) is 11.4 Å². The minimum absolute atomic E-state index is 0.161. The molecule has 0 saturated heterocycles. The molecular formula is C14H17N3O. The standard InChI is InChI=1S/C14H17N3O/c1-10(9-15)16(2)12-5-6-13-11(8-12)4-7-14(18)17(13)3/h5-6,8,10H,4,7H2,1-3H3. The van der Waals surface area contributed by atoms with Crippen LogP contribution in [0.5, 0.6) is 0 Å². The van der Waals surface area contributed by atoms with E-state index >= 15 is 0 Å². The number of anilines is 2. The Hall–Kier alpha value is -2.02. The zero-order chi connectivity index (χ0) is 13.3. The summed E-state index contributed by atoms with van der Waals surface area (Å²) in [6, 6.07) is 8.06. The van der Waals surface area contributed by atoms with Crippen LogP contribution in [0.3, 0.4) is 0 Å². The zero-order valence-electron chi connectivity index (χ0n) is 11.0. The summed E-state index contributed by atoms with van der Waals surface area (Å²) in [7, 11) is 3.72. The third kappa shape index (κ3) is 2.04. The van der Waals surface area contributed by atoms with Crippen molar-refractivity contribution in [1.82, 2.24) is 0 Å². The van der Waals surface area contributed by atoms with Crippen LogP contribution in [-0.4, -0.2) is 26.0 Å². The molecule has 94 valence electrons. The molecule has 0 bridgehead atoms. The maximum absolute atomic E-state index is 11.6. The van der Waals surface area contributed by atoms with Crippen molar-refractivity contribution in [2.24, 2.45) is 0 Å². The van der Waals surface area contributed by atoms with Crippen molar-refractivity contribution in [3.05, 3.63) is 23.8 Å². The van der Waals surface area contributed by atoms with Crippen molar-refractivity contribution in [2.45, 2.75) is 25.8 Å². The van der Waals surface area contributed by atoms with Gasteiger partial charge in [-0.15, -0.1) is 0 Å². The smallest absolute Gasteiger partial charge is 0.227 e. The summed E-state index contributed by atoms with van der Waals surface area (Å²) < 4.78 is 0. The maximum Gasteiger partial charge on any atom is 0.227 e. The first kappa shape index (κ1) is 12.4. The Morgan fingerprint density at radius 3 is 2.83 bits per heavy atom. The highest BCUT2D eigenvalue weighted by atomic mass is 16.2. The topological polar surface area (TPSA) is 47.3 Å². The number of hydrogen-bond acceptors (Lipinski definition) is 3. The predicted octanol–water partition coefficient (Wildman–Crippen LogP) is 1.94. The lowest BCUT2D eigenvalue weighted by molar-refractivity contribution is -0.118. The molecular weight excluding hydrogens is 226 g/mol. The molecule has 0 saturated carbocycles. The first-order valence-electron chi connectivity index (χ1n) is 6.06.